The van der Waals surface area contributed by atoms with Gasteiger partial charge in [-0.1, -0.05) is 0 Å². The Morgan fingerprint density at radius 2 is 2.08 bits per heavy atom. The van der Waals surface area contributed by atoms with E-state index in [4.69, 9.17) is 10.8 Å². The standard InChI is InChI=1S/C8H15NO3/c1-5(4-6(2)10)8(11)12-7(3)9/h4,6-7,10H,9H2,1-3H3/b5-4+. The predicted molar refractivity (Wildman–Crippen MR) is 45.2 cm³/mol. The Morgan fingerprint density at radius 1 is 1.58 bits per heavy atom. The Kier molecular flexibility index (Phi) is 4.54. The molecule has 0 amide bonds. The molecule has 0 fully saturated rings. The van der Waals surface area contributed by atoms with Gasteiger partial charge in [0.05, 0.1) is 6.10 Å². The van der Waals surface area contributed by atoms with Crippen LogP contribution in [0.3, 0.4) is 0 Å². The van der Waals surface area contributed by atoms with Crippen molar-refractivity contribution in [3.05, 3.63) is 11.6 Å². The minimum atomic E-state index is -0.648. The first-order chi connectivity index (χ1) is 5.43. The highest BCUT2D eigenvalue weighted by atomic mass is 16.6. The fourth-order valence-corrected chi connectivity index (χ4v) is 0.692. The van der Waals surface area contributed by atoms with Crippen LogP contribution in [0, 0.1) is 0 Å². The van der Waals surface area contributed by atoms with Crippen molar-refractivity contribution in [3.63, 3.8) is 0 Å². The lowest BCUT2D eigenvalue weighted by atomic mass is 10.2. The molecule has 12 heavy (non-hydrogen) atoms. The van der Waals surface area contributed by atoms with Crippen molar-refractivity contribution in [2.75, 3.05) is 0 Å². The molecule has 0 aromatic rings. The molecule has 0 aliphatic carbocycles. The van der Waals surface area contributed by atoms with Crippen molar-refractivity contribution in [2.45, 2.75) is 33.1 Å². The smallest absolute Gasteiger partial charge is 0.335 e. The van der Waals surface area contributed by atoms with Gasteiger partial charge < -0.3 is 9.84 Å². The van der Waals surface area contributed by atoms with Crippen LogP contribution in [-0.4, -0.2) is 23.4 Å². The molecule has 0 saturated carbocycles. The van der Waals surface area contributed by atoms with E-state index in [2.05, 4.69) is 4.74 Å². The summed E-state index contributed by atoms with van der Waals surface area (Å²) in [6, 6.07) is 0. The van der Waals surface area contributed by atoms with E-state index in [0.717, 1.165) is 0 Å². The molecule has 0 radical (unpaired) electrons. The van der Waals surface area contributed by atoms with Gasteiger partial charge in [-0.05, 0) is 26.8 Å². The van der Waals surface area contributed by atoms with E-state index in [9.17, 15) is 4.79 Å². The molecule has 0 heterocycles. The summed E-state index contributed by atoms with van der Waals surface area (Å²) in [6.07, 6.45) is 0.144. The summed E-state index contributed by atoms with van der Waals surface area (Å²) in [7, 11) is 0. The third kappa shape index (κ3) is 4.87. The Labute approximate surface area is 72.0 Å². The fraction of sp³-hybridized carbons (Fsp3) is 0.625. The zero-order valence-corrected chi connectivity index (χ0v) is 7.57. The van der Waals surface area contributed by atoms with Gasteiger partial charge in [-0.2, -0.15) is 0 Å². The average Bonchev–Trinajstić information content (AvgIpc) is 1.84. The van der Waals surface area contributed by atoms with Crippen LogP contribution in [0.4, 0.5) is 0 Å². The molecule has 0 aliphatic rings. The molecule has 3 N–H and O–H groups in total. The second-order valence-corrected chi connectivity index (χ2v) is 2.70. The molecule has 4 heteroatoms. The van der Waals surface area contributed by atoms with Gasteiger partial charge in [0.15, 0.2) is 0 Å². The number of carbonyl (C=O) groups is 1. The van der Waals surface area contributed by atoms with Crippen LogP contribution in [-0.2, 0) is 9.53 Å². The number of rotatable bonds is 3. The average molecular weight is 173 g/mol. The number of hydrogen-bond acceptors (Lipinski definition) is 4. The fourth-order valence-electron chi connectivity index (χ4n) is 0.692. The largest absolute Gasteiger partial charge is 0.444 e. The summed E-state index contributed by atoms with van der Waals surface area (Å²) in [5.41, 5.74) is 5.59. The Morgan fingerprint density at radius 3 is 2.42 bits per heavy atom. The van der Waals surface area contributed by atoms with E-state index in [1.807, 2.05) is 0 Å². The molecule has 0 saturated heterocycles. The van der Waals surface area contributed by atoms with Gasteiger partial charge in [-0.3, -0.25) is 5.73 Å². The van der Waals surface area contributed by atoms with Crippen molar-refractivity contribution >= 4 is 5.97 Å². The van der Waals surface area contributed by atoms with Gasteiger partial charge in [0.2, 0.25) is 0 Å². The van der Waals surface area contributed by atoms with Gasteiger partial charge in [-0.25, -0.2) is 4.79 Å². The second kappa shape index (κ2) is 4.90. The Hall–Kier alpha value is -0.870. The second-order valence-electron chi connectivity index (χ2n) is 2.70. The summed E-state index contributed by atoms with van der Waals surface area (Å²) in [5, 5.41) is 8.89. The molecule has 2 atom stereocenters. The molecule has 0 spiro atoms. The zero-order chi connectivity index (χ0) is 9.72. The molecule has 0 aliphatic heterocycles. The SMILES string of the molecule is C/C(=C\C(C)O)C(=O)OC(C)N. The van der Waals surface area contributed by atoms with Crippen LogP contribution in [0.15, 0.2) is 11.6 Å². The molecule has 0 aromatic carbocycles. The lowest BCUT2D eigenvalue weighted by Gasteiger charge is -2.08. The molecule has 0 bridgehead atoms. The molecule has 70 valence electrons. The number of hydrogen-bond donors (Lipinski definition) is 2. The molecule has 0 aromatic heterocycles. The number of ether oxygens (including phenoxy) is 1. The molecule has 2 unspecified atom stereocenters. The number of nitrogens with two attached hydrogens (primary N) is 1. The van der Waals surface area contributed by atoms with E-state index >= 15 is 0 Å². The maximum absolute atomic E-state index is 11.0. The first-order valence-corrected chi connectivity index (χ1v) is 3.76. The van der Waals surface area contributed by atoms with Crippen LogP contribution >= 0.6 is 0 Å². The molecule has 4 nitrogen and oxygen atoms in total. The van der Waals surface area contributed by atoms with Crippen LogP contribution in [0.5, 0.6) is 0 Å². The van der Waals surface area contributed by atoms with Crippen LogP contribution in [0.1, 0.15) is 20.8 Å². The number of esters is 1. The number of aliphatic hydroxyl groups excluding tert-OH is 1. The van der Waals surface area contributed by atoms with Crippen LogP contribution in [0.25, 0.3) is 0 Å². The zero-order valence-electron chi connectivity index (χ0n) is 7.57. The van der Waals surface area contributed by atoms with Crippen LogP contribution < -0.4 is 5.73 Å². The molecular formula is C8H15NO3. The maximum Gasteiger partial charge on any atom is 0.335 e. The first-order valence-electron chi connectivity index (χ1n) is 3.76. The summed E-state index contributed by atoms with van der Waals surface area (Å²) < 4.78 is 4.67. The van der Waals surface area contributed by atoms with Crippen molar-refractivity contribution in [2.24, 2.45) is 5.73 Å². The van der Waals surface area contributed by atoms with E-state index in [1.54, 1.807) is 20.8 Å². The van der Waals surface area contributed by atoms with Gasteiger partial charge in [0.1, 0.15) is 6.23 Å². The van der Waals surface area contributed by atoms with Crippen molar-refractivity contribution in [1.82, 2.24) is 0 Å². The summed E-state index contributed by atoms with van der Waals surface area (Å²) in [4.78, 5) is 11.0. The summed E-state index contributed by atoms with van der Waals surface area (Å²) >= 11 is 0. The molecule has 0 rings (SSSR count). The van der Waals surface area contributed by atoms with Crippen molar-refractivity contribution in [3.8, 4) is 0 Å². The lowest BCUT2D eigenvalue weighted by Crippen LogP contribution is -2.24. The minimum absolute atomic E-state index is 0.363. The highest BCUT2D eigenvalue weighted by Gasteiger charge is 2.08. The third-order valence-electron chi connectivity index (χ3n) is 1.11. The van der Waals surface area contributed by atoms with Gasteiger partial charge in [-0.15, -0.1) is 0 Å². The third-order valence-corrected chi connectivity index (χ3v) is 1.11. The van der Waals surface area contributed by atoms with E-state index in [1.165, 1.54) is 6.08 Å². The van der Waals surface area contributed by atoms with E-state index < -0.39 is 18.3 Å². The summed E-state index contributed by atoms with van der Waals surface area (Å²) in [5.74, 6) is -0.495. The minimum Gasteiger partial charge on any atom is -0.444 e. The van der Waals surface area contributed by atoms with Crippen LogP contribution in [0.2, 0.25) is 0 Å². The maximum atomic E-state index is 11.0. The van der Waals surface area contributed by atoms with Gasteiger partial charge in [0, 0.05) is 5.57 Å². The van der Waals surface area contributed by atoms with Crippen molar-refractivity contribution < 1.29 is 14.6 Å². The Bertz CT molecular complexity index is 185. The summed E-state index contributed by atoms with van der Waals surface area (Å²) in [6.45, 7) is 4.69. The van der Waals surface area contributed by atoms with E-state index in [-0.39, 0.29) is 0 Å². The number of carbonyl (C=O) groups excluding carboxylic acids is 1. The lowest BCUT2D eigenvalue weighted by molar-refractivity contribution is -0.143. The highest BCUT2D eigenvalue weighted by molar-refractivity contribution is 5.87. The molecular weight excluding hydrogens is 158 g/mol. The topological polar surface area (TPSA) is 72.5 Å². The predicted octanol–water partition coefficient (Wildman–Crippen LogP) is 0.161. The Balaban J connectivity index is 4.10. The normalized spacial score (nSPS) is 16.9. The van der Waals surface area contributed by atoms with Crippen molar-refractivity contribution in [1.29, 1.82) is 0 Å². The monoisotopic (exact) mass is 173 g/mol. The van der Waals surface area contributed by atoms with E-state index in [0.29, 0.717) is 5.57 Å². The quantitative estimate of drug-likeness (QED) is 0.362. The van der Waals surface area contributed by atoms with Gasteiger partial charge >= 0.3 is 5.97 Å². The van der Waals surface area contributed by atoms with Gasteiger partial charge in [0.25, 0.3) is 0 Å². The first kappa shape index (κ1) is 11.1. The highest BCUT2D eigenvalue weighted by Crippen LogP contribution is 1.99. The number of aliphatic hydroxyl groups is 1.